The fourth-order valence-corrected chi connectivity index (χ4v) is 4.65. The monoisotopic (exact) mass is 327 g/mol. The Hall–Kier alpha value is -1.17. The second-order valence-electron chi connectivity index (χ2n) is 5.26. The molecule has 2 fully saturated rings. The number of nitrogens with two attached hydrogens (primary N) is 1. The summed E-state index contributed by atoms with van der Waals surface area (Å²) in [4.78, 5) is -0.133. The number of ether oxygens (including phenoxy) is 1. The van der Waals surface area contributed by atoms with E-state index in [4.69, 9.17) is 27.3 Å². The molecule has 112 valence electrons. The summed E-state index contributed by atoms with van der Waals surface area (Å²) in [5, 5.41) is 9.30. The summed E-state index contributed by atoms with van der Waals surface area (Å²) in [6.45, 7) is 0.599. The van der Waals surface area contributed by atoms with Gasteiger partial charge in [-0.05, 0) is 24.6 Å². The maximum absolute atomic E-state index is 12.5. The number of sulfonamides is 1. The molecule has 1 aliphatic carbocycles. The Bertz CT molecular complexity index is 716. The molecule has 6 nitrogen and oxygen atoms in total. The van der Waals surface area contributed by atoms with E-state index in [0.29, 0.717) is 6.61 Å². The van der Waals surface area contributed by atoms with Crippen molar-refractivity contribution < 1.29 is 13.2 Å². The molecule has 1 heterocycles. The van der Waals surface area contributed by atoms with E-state index in [1.54, 1.807) is 0 Å². The number of fused-ring (bicyclic) bond motifs is 1. The summed E-state index contributed by atoms with van der Waals surface area (Å²) < 4.78 is 33.0. The van der Waals surface area contributed by atoms with Crippen LogP contribution in [0.3, 0.4) is 0 Å². The maximum atomic E-state index is 12.5. The highest BCUT2D eigenvalue weighted by molar-refractivity contribution is 7.89. The van der Waals surface area contributed by atoms with Crippen LogP contribution in [0.1, 0.15) is 12.0 Å². The molecule has 1 saturated heterocycles. The molecule has 4 atom stereocenters. The van der Waals surface area contributed by atoms with Crippen molar-refractivity contribution in [2.45, 2.75) is 29.5 Å². The molecule has 0 spiro atoms. The van der Waals surface area contributed by atoms with Crippen LogP contribution < -0.4 is 10.5 Å². The quantitative estimate of drug-likeness (QED) is 0.846. The number of nitrogens with zero attached hydrogens (tertiary/aromatic N) is 1. The zero-order valence-electron chi connectivity index (χ0n) is 11.0. The third-order valence-electron chi connectivity index (χ3n) is 4.09. The molecule has 8 heteroatoms. The maximum Gasteiger partial charge on any atom is 0.242 e. The van der Waals surface area contributed by atoms with Gasteiger partial charge in [0, 0.05) is 23.6 Å². The summed E-state index contributed by atoms with van der Waals surface area (Å²) in [6.07, 6.45) is 0.671. The second-order valence-corrected chi connectivity index (χ2v) is 7.38. The first-order valence-electron chi connectivity index (χ1n) is 6.53. The fourth-order valence-electron chi connectivity index (χ4n) is 2.95. The fraction of sp³-hybridized carbons (Fsp3) is 0.462. The molecule has 1 aromatic rings. The molecule has 3 N–H and O–H groups in total. The minimum Gasteiger partial charge on any atom is -0.376 e. The topological polar surface area (TPSA) is 105 Å². The van der Waals surface area contributed by atoms with Crippen LogP contribution in [0.25, 0.3) is 0 Å². The molecule has 0 aromatic heterocycles. The van der Waals surface area contributed by atoms with Crippen molar-refractivity contribution in [3.63, 3.8) is 0 Å². The van der Waals surface area contributed by atoms with E-state index in [1.165, 1.54) is 18.2 Å². The smallest absolute Gasteiger partial charge is 0.242 e. The Kier molecular flexibility index (Phi) is 3.67. The zero-order chi connectivity index (χ0) is 15.2. The molecule has 4 unspecified atom stereocenters. The number of hydrogen-bond donors (Lipinski definition) is 2. The van der Waals surface area contributed by atoms with Gasteiger partial charge in [0.2, 0.25) is 10.0 Å². The molecular formula is C13H14ClN3O3S. The third-order valence-corrected chi connectivity index (χ3v) is 5.83. The average molecular weight is 328 g/mol. The van der Waals surface area contributed by atoms with Crippen molar-refractivity contribution in [2.24, 2.45) is 11.7 Å². The van der Waals surface area contributed by atoms with E-state index < -0.39 is 16.1 Å². The van der Waals surface area contributed by atoms with E-state index in [9.17, 15) is 8.42 Å². The summed E-state index contributed by atoms with van der Waals surface area (Å²) in [7, 11) is -3.87. The lowest BCUT2D eigenvalue weighted by Crippen LogP contribution is -2.68. The van der Waals surface area contributed by atoms with Gasteiger partial charge in [0.05, 0.1) is 17.7 Å². The van der Waals surface area contributed by atoms with Gasteiger partial charge in [-0.1, -0.05) is 11.6 Å². The summed E-state index contributed by atoms with van der Waals surface area (Å²) in [5.41, 5.74) is 6.04. The molecule has 0 bridgehead atoms. The van der Waals surface area contributed by atoms with Crippen LogP contribution in [0.15, 0.2) is 23.1 Å². The molecular weight excluding hydrogens is 314 g/mol. The SMILES string of the molecule is N#Cc1ccc(Cl)cc1S(=O)(=O)NC1C(N)C2CCOC21. The predicted octanol–water partition coefficient (Wildman–Crippen LogP) is 0.605. The highest BCUT2D eigenvalue weighted by atomic mass is 35.5. The molecule has 1 aliphatic heterocycles. The number of halogens is 1. The number of nitrogens with one attached hydrogen (secondary N) is 1. The highest BCUT2D eigenvalue weighted by Crippen LogP contribution is 2.38. The van der Waals surface area contributed by atoms with Crippen LogP contribution in [0.4, 0.5) is 0 Å². The Morgan fingerprint density at radius 1 is 1.48 bits per heavy atom. The van der Waals surface area contributed by atoms with Gasteiger partial charge in [-0.25, -0.2) is 13.1 Å². The van der Waals surface area contributed by atoms with E-state index >= 15 is 0 Å². The van der Waals surface area contributed by atoms with Crippen LogP contribution in [0.5, 0.6) is 0 Å². The number of nitriles is 1. The minimum absolute atomic E-state index is 0.0451. The molecule has 1 saturated carbocycles. The first kappa shape index (κ1) is 14.8. The van der Waals surface area contributed by atoms with Gasteiger partial charge in [0.25, 0.3) is 0 Å². The first-order chi connectivity index (χ1) is 9.94. The van der Waals surface area contributed by atoms with Gasteiger partial charge in [-0.2, -0.15) is 5.26 Å². The van der Waals surface area contributed by atoms with E-state index in [1.807, 2.05) is 6.07 Å². The molecule has 0 amide bonds. The van der Waals surface area contributed by atoms with Gasteiger partial charge in [-0.3, -0.25) is 0 Å². The highest BCUT2D eigenvalue weighted by Gasteiger charge is 2.53. The van der Waals surface area contributed by atoms with Crippen LogP contribution in [0.2, 0.25) is 5.02 Å². The van der Waals surface area contributed by atoms with Gasteiger partial charge in [-0.15, -0.1) is 0 Å². The standard InChI is InChI=1S/C13H14ClN3O3S/c14-8-2-1-7(6-15)10(5-8)21(18,19)17-12-11(16)9-3-4-20-13(9)12/h1-2,5,9,11-13,17H,3-4,16H2. The number of hydrogen-bond acceptors (Lipinski definition) is 5. The van der Waals surface area contributed by atoms with Crippen LogP contribution in [-0.4, -0.2) is 33.2 Å². The first-order valence-corrected chi connectivity index (χ1v) is 8.39. The van der Waals surface area contributed by atoms with Crippen LogP contribution in [-0.2, 0) is 14.8 Å². The Labute approximate surface area is 127 Å². The number of rotatable bonds is 3. The Morgan fingerprint density at radius 2 is 2.24 bits per heavy atom. The van der Waals surface area contributed by atoms with Crippen LogP contribution in [0, 0.1) is 17.2 Å². The predicted molar refractivity (Wildman–Crippen MR) is 76.1 cm³/mol. The average Bonchev–Trinajstić information content (AvgIpc) is 2.90. The van der Waals surface area contributed by atoms with E-state index in [2.05, 4.69) is 4.72 Å². The Balaban J connectivity index is 1.88. The summed E-state index contributed by atoms with van der Waals surface area (Å²) in [5.74, 6) is 0.201. The lowest BCUT2D eigenvalue weighted by Gasteiger charge is -2.45. The molecule has 0 radical (unpaired) electrons. The lowest BCUT2D eigenvalue weighted by molar-refractivity contribution is -0.00924. The van der Waals surface area contributed by atoms with Crippen LogP contribution >= 0.6 is 11.6 Å². The zero-order valence-corrected chi connectivity index (χ0v) is 12.6. The van der Waals surface area contributed by atoms with E-state index in [0.717, 1.165) is 6.42 Å². The molecule has 1 aromatic carbocycles. The summed E-state index contributed by atoms with van der Waals surface area (Å²) >= 11 is 5.83. The third kappa shape index (κ3) is 2.43. The van der Waals surface area contributed by atoms with Gasteiger partial charge < -0.3 is 10.5 Å². The van der Waals surface area contributed by atoms with Gasteiger partial charge in [0.1, 0.15) is 11.0 Å². The Morgan fingerprint density at radius 3 is 2.95 bits per heavy atom. The molecule has 21 heavy (non-hydrogen) atoms. The molecule has 3 rings (SSSR count). The summed E-state index contributed by atoms with van der Waals surface area (Å²) in [6, 6.07) is 5.25. The van der Waals surface area contributed by atoms with Crippen molar-refractivity contribution in [1.29, 1.82) is 5.26 Å². The van der Waals surface area contributed by atoms with Gasteiger partial charge in [0.15, 0.2) is 0 Å². The lowest BCUT2D eigenvalue weighted by atomic mass is 9.73. The van der Waals surface area contributed by atoms with Crippen molar-refractivity contribution >= 4 is 21.6 Å². The largest absolute Gasteiger partial charge is 0.376 e. The van der Waals surface area contributed by atoms with Crippen molar-refractivity contribution in [2.75, 3.05) is 6.61 Å². The molecule has 2 aliphatic rings. The number of benzene rings is 1. The van der Waals surface area contributed by atoms with Crippen molar-refractivity contribution in [3.8, 4) is 6.07 Å². The van der Waals surface area contributed by atoms with Gasteiger partial charge >= 0.3 is 0 Å². The van der Waals surface area contributed by atoms with Crippen molar-refractivity contribution in [1.82, 2.24) is 4.72 Å². The second kappa shape index (κ2) is 5.23. The van der Waals surface area contributed by atoms with Crippen molar-refractivity contribution in [3.05, 3.63) is 28.8 Å². The minimum atomic E-state index is -3.87. The normalized spacial score (nSPS) is 31.3. The van der Waals surface area contributed by atoms with E-state index in [-0.39, 0.29) is 33.5 Å².